The van der Waals surface area contributed by atoms with Crippen LogP contribution in [0.1, 0.15) is 25.8 Å². The summed E-state index contributed by atoms with van der Waals surface area (Å²) in [4.78, 5) is 36.6. The van der Waals surface area contributed by atoms with Gasteiger partial charge in [0.15, 0.2) is 11.5 Å². The summed E-state index contributed by atoms with van der Waals surface area (Å²) >= 11 is 6.22. The minimum absolute atomic E-state index is 0.124. The van der Waals surface area contributed by atoms with Crippen LogP contribution in [-0.2, 0) is 14.4 Å². The highest BCUT2D eigenvalue weighted by Crippen LogP contribution is 2.52. The number of carbonyl (C=O) groups is 3. The van der Waals surface area contributed by atoms with Gasteiger partial charge in [0.05, 0.1) is 29.7 Å². The van der Waals surface area contributed by atoms with Crippen molar-refractivity contribution in [2.75, 3.05) is 6.61 Å². The molecular weight excluding hydrogens is 384 g/mol. The number of fused-ring (bicyclic) bond motifs is 5. The van der Waals surface area contributed by atoms with Crippen LogP contribution < -0.4 is 9.47 Å². The molecule has 0 radical (unpaired) electrons. The van der Waals surface area contributed by atoms with Crippen molar-refractivity contribution in [3.8, 4) is 11.5 Å². The topological polar surface area (TPSA) is 85.3 Å². The van der Waals surface area contributed by atoms with Crippen LogP contribution in [0.25, 0.3) is 0 Å². The zero-order valence-corrected chi connectivity index (χ0v) is 16.2. The lowest BCUT2D eigenvalue weighted by atomic mass is 9.85. The van der Waals surface area contributed by atoms with Gasteiger partial charge < -0.3 is 9.47 Å². The number of amides is 2. The molecule has 4 rings (SSSR count). The zero-order valence-electron chi connectivity index (χ0n) is 15.4. The maximum absolute atomic E-state index is 12.7. The second-order valence-electron chi connectivity index (χ2n) is 7.09. The van der Waals surface area contributed by atoms with E-state index in [0.717, 1.165) is 11.4 Å². The van der Waals surface area contributed by atoms with Crippen molar-refractivity contribution in [2.24, 2.45) is 28.8 Å². The van der Waals surface area contributed by atoms with E-state index in [1.54, 1.807) is 13.0 Å². The van der Waals surface area contributed by atoms with Crippen molar-refractivity contribution in [2.45, 2.75) is 20.3 Å². The molecule has 146 valence electrons. The van der Waals surface area contributed by atoms with Crippen molar-refractivity contribution in [1.82, 2.24) is 5.01 Å². The fourth-order valence-electron chi connectivity index (χ4n) is 4.29. The van der Waals surface area contributed by atoms with E-state index < -0.39 is 5.97 Å². The van der Waals surface area contributed by atoms with Crippen molar-refractivity contribution in [1.29, 1.82) is 0 Å². The molecule has 2 amide bonds. The lowest BCUT2D eigenvalue weighted by Crippen LogP contribution is -2.28. The summed E-state index contributed by atoms with van der Waals surface area (Å²) in [6, 6.07) is 3.12. The van der Waals surface area contributed by atoms with Crippen LogP contribution in [-0.4, -0.2) is 35.6 Å². The Morgan fingerprint density at radius 2 is 1.89 bits per heavy atom. The number of halogens is 1. The smallest absolute Gasteiger partial charge is 0.308 e. The quantitative estimate of drug-likeness (QED) is 0.248. The average Bonchev–Trinajstić information content (AvgIpc) is 3.31. The Balaban J connectivity index is 1.59. The number of benzene rings is 1. The molecule has 1 aromatic carbocycles. The van der Waals surface area contributed by atoms with E-state index in [1.165, 1.54) is 19.2 Å². The second-order valence-corrected chi connectivity index (χ2v) is 7.50. The molecule has 1 aromatic rings. The first-order valence-corrected chi connectivity index (χ1v) is 9.53. The lowest BCUT2D eigenvalue weighted by Gasteiger charge is -2.13. The molecule has 2 fully saturated rings. The summed E-state index contributed by atoms with van der Waals surface area (Å²) < 4.78 is 10.6. The van der Waals surface area contributed by atoms with E-state index in [2.05, 4.69) is 5.10 Å². The minimum Gasteiger partial charge on any atom is -0.490 e. The Hall–Kier alpha value is -2.67. The summed E-state index contributed by atoms with van der Waals surface area (Å²) in [5.74, 6) is -0.952. The summed E-state index contributed by atoms with van der Waals surface area (Å²) in [5, 5.41) is 5.26. The fourth-order valence-corrected chi connectivity index (χ4v) is 4.55. The molecule has 1 saturated heterocycles. The Bertz CT molecular complexity index is 895. The van der Waals surface area contributed by atoms with E-state index in [1.807, 2.05) is 12.2 Å². The highest BCUT2D eigenvalue weighted by atomic mass is 35.5. The summed E-state index contributed by atoms with van der Waals surface area (Å²) in [6.45, 7) is 3.40. The number of hydrogen-bond acceptors (Lipinski definition) is 6. The third-order valence-electron chi connectivity index (χ3n) is 5.35. The molecule has 1 heterocycles. The van der Waals surface area contributed by atoms with Crippen molar-refractivity contribution in [3.05, 3.63) is 34.9 Å². The van der Waals surface area contributed by atoms with Crippen LogP contribution in [0.4, 0.5) is 0 Å². The molecular formula is C20H19ClN2O5. The maximum Gasteiger partial charge on any atom is 0.308 e. The molecule has 4 atom stereocenters. The van der Waals surface area contributed by atoms with Crippen LogP contribution in [0.15, 0.2) is 29.4 Å². The number of rotatable bonds is 5. The highest BCUT2D eigenvalue weighted by Gasteiger charge is 2.59. The van der Waals surface area contributed by atoms with Gasteiger partial charge in [0.2, 0.25) is 0 Å². The minimum atomic E-state index is -0.521. The van der Waals surface area contributed by atoms with Gasteiger partial charge in [0, 0.05) is 6.92 Å². The highest BCUT2D eigenvalue weighted by molar-refractivity contribution is 6.32. The first-order chi connectivity index (χ1) is 13.4. The van der Waals surface area contributed by atoms with Gasteiger partial charge in [0.25, 0.3) is 11.8 Å². The molecule has 8 heteroatoms. The van der Waals surface area contributed by atoms with E-state index >= 15 is 0 Å². The van der Waals surface area contributed by atoms with Crippen LogP contribution in [0.5, 0.6) is 11.5 Å². The van der Waals surface area contributed by atoms with Gasteiger partial charge in [-0.3, -0.25) is 14.4 Å². The first kappa shape index (κ1) is 18.7. The molecule has 4 unspecified atom stereocenters. The molecule has 0 spiro atoms. The molecule has 3 aliphatic rings. The zero-order chi connectivity index (χ0) is 20.0. The number of allylic oxidation sites excluding steroid dienone is 2. The molecule has 7 nitrogen and oxygen atoms in total. The number of nitrogens with zero attached hydrogens (tertiary/aromatic N) is 2. The molecule has 0 aromatic heterocycles. The SMILES string of the molecule is CCOc1cc(C=NN2C(=O)C3C4C=CC(C4)C3C2=O)cc(Cl)c1OC(C)=O. The normalized spacial score (nSPS) is 27.8. The van der Waals surface area contributed by atoms with Gasteiger partial charge in [-0.2, -0.15) is 10.1 Å². The Morgan fingerprint density at radius 3 is 2.46 bits per heavy atom. The van der Waals surface area contributed by atoms with Crippen LogP contribution in [0.3, 0.4) is 0 Å². The van der Waals surface area contributed by atoms with Gasteiger partial charge >= 0.3 is 5.97 Å². The summed E-state index contributed by atoms with van der Waals surface area (Å²) in [6.07, 6.45) is 6.33. The number of hydrazone groups is 1. The van der Waals surface area contributed by atoms with E-state index in [9.17, 15) is 14.4 Å². The summed E-state index contributed by atoms with van der Waals surface area (Å²) in [5.41, 5.74) is 0.517. The third-order valence-corrected chi connectivity index (χ3v) is 5.63. The van der Waals surface area contributed by atoms with Crippen LogP contribution in [0, 0.1) is 23.7 Å². The monoisotopic (exact) mass is 402 g/mol. The number of hydrogen-bond donors (Lipinski definition) is 0. The summed E-state index contributed by atoms with van der Waals surface area (Å²) in [7, 11) is 0. The number of esters is 1. The third kappa shape index (κ3) is 2.99. The molecule has 2 bridgehead atoms. The van der Waals surface area contributed by atoms with Gasteiger partial charge in [0.1, 0.15) is 0 Å². The van der Waals surface area contributed by atoms with Crippen molar-refractivity contribution < 1.29 is 23.9 Å². The predicted molar refractivity (Wildman–Crippen MR) is 101 cm³/mol. The molecule has 0 N–H and O–H groups in total. The van der Waals surface area contributed by atoms with Gasteiger partial charge in [-0.25, -0.2) is 0 Å². The Kier molecular flexibility index (Phi) is 4.71. The van der Waals surface area contributed by atoms with E-state index in [4.69, 9.17) is 21.1 Å². The van der Waals surface area contributed by atoms with Gasteiger partial charge in [-0.05, 0) is 42.9 Å². The first-order valence-electron chi connectivity index (χ1n) is 9.15. The number of imide groups is 1. The van der Waals surface area contributed by atoms with E-state index in [-0.39, 0.29) is 52.0 Å². The maximum atomic E-state index is 12.7. The van der Waals surface area contributed by atoms with Crippen molar-refractivity contribution in [3.63, 3.8) is 0 Å². The van der Waals surface area contributed by atoms with Crippen LogP contribution in [0.2, 0.25) is 5.02 Å². The predicted octanol–water partition coefficient (Wildman–Crippen LogP) is 2.81. The fraction of sp³-hybridized carbons (Fsp3) is 0.400. The van der Waals surface area contributed by atoms with E-state index in [0.29, 0.717) is 12.2 Å². The molecule has 28 heavy (non-hydrogen) atoms. The Labute approximate surface area is 166 Å². The molecule has 1 saturated carbocycles. The standard InChI is InChI=1S/C20H19ClN2O5/c1-3-27-15-7-11(6-14(21)18(15)28-10(2)24)9-22-23-19(25)16-12-4-5-13(8-12)17(16)20(23)26/h4-7,9,12-13,16-17H,3,8H2,1-2H3. The van der Waals surface area contributed by atoms with Crippen molar-refractivity contribution >= 4 is 35.6 Å². The Morgan fingerprint density at radius 1 is 1.25 bits per heavy atom. The lowest BCUT2D eigenvalue weighted by molar-refractivity contribution is -0.140. The average molecular weight is 403 g/mol. The number of carbonyl (C=O) groups excluding carboxylic acids is 3. The van der Waals surface area contributed by atoms with Gasteiger partial charge in [-0.1, -0.05) is 23.8 Å². The molecule has 1 aliphatic heterocycles. The molecule has 2 aliphatic carbocycles. The van der Waals surface area contributed by atoms with Crippen LogP contribution >= 0.6 is 11.6 Å². The largest absolute Gasteiger partial charge is 0.490 e. The number of ether oxygens (including phenoxy) is 2. The second kappa shape index (κ2) is 7.05. The van der Waals surface area contributed by atoms with Gasteiger partial charge in [-0.15, -0.1) is 0 Å².